The van der Waals surface area contributed by atoms with Crippen LogP contribution in [-0.4, -0.2) is 6.04 Å². The molecule has 0 saturated carbocycles. The van der Waals surface area contributed by atoms with Gasteiger partial charge in [0.25, 0.3) is 0 Å². The largest absolute Gasteiger partial charge is 0.326 e. The van der Waals surface area contributed by atoms with Crippen LogP contribution in [0.1, 0.15) is 29.7 Å². The van der Waals surface area contributed by atoms with Crippen molar-refractivity contribution in [1.29, 1.82) is 0 Å². The predicted octanol–water partition coefficient (Wildman–Crippen LogP) is 5.87. The van der Waals surface area contributed by atoms with Gasteiger partial charge < -0.3 is 5.73 Å². The number of hydrogen-bond donors (Lipinski definition) is 1. The van der Waals surface area contributed by atoms with Crippen LogP contribution in [0.15, 0.2) is 47.4 Å². The van der Waals surface area contributed by atoms with E-state index in [1.165, 1.54) is 11.1 Å². The van der Waals surface area contributed by atoms with Crippen molar-refractivity contribution in [3.63, 3.8) is 0 Å². The third-order valence-corrected chi connectivity index (χ3v) is 5.53. The van der Waals surface area contributed by atoms with E-state index in [2.05, 4.69) is 38.1 Å². The van der Waals surface area contributed by atoms with Gasteiger partial charge in [-0.25, -0.2) is 0 Å². The fourth-order valence-corrected chi connectivity index (χ4v) is 3.80. The minimum Gasteiger partial charge on any atom is -0.326 e. The van der Waals surface area contributed by atoms with Crippen molar-refractivity contribution < 1.29 is 0 Å². The number of aryl methyl sites for hydroxylation is 1. The van der Waals surface area contributed by atoms with Crippen LogP contribution in [0, 0.1) is 6.92 Å². The number of benzene rings is 2. The van der Waals surface area contributed by atoms with Gasteiger partial charge in [0.05, 0.1) is 10.0 Å². The van der Waals surface area contributed by atoms with Crippen LogP contribution in [-0.2, 0) is 0 Å². The van der Waals surface area contributed by atoms with Crippen molar-refractivity contribution in [1.82, 2.24) is 0 Å². The zero-order chi connectivity index (χ0) is 15.4. The molecule has 0 aliphatic rings. The van der Waals surface area contributed by atoms with E-state index in [0.29, 0.717) is 10.0 Å². The smallest absolute Gasteiger partial charge is 0.0603 e. The molecule has 0 aliphatic heterocycles. The molecule has 2 aromatic rings. The summed E-state index contributed by atoms with van der Waals surface area (Å²) in [6, 6.07) is 14.3. The van der Waals surface area contributed by atoms with Crippen molar-refractivity contribution in [3.05, 3.63) is 63.6 Å². The van der Waals surface area contributed by atoms with Gasteiger partial charge in [-0.1, -0.05) is 60.0 Å². The number of thioether (sulfide) groups is 1. The van der Waals surface area contributed by atoms with Crippen molar-refractivity contribution in [2.75, 3.05) is 0 Å². The van der Waals surface area contributed by atoms with E-state index < -0.39 is 0 Å². The van der Waals surface area contributed by atoms with Gasteiger partial charge in [-0.05, 0) is 37.1 Å². The quantitative estimate of drug-likeness (QED) is 0.689. The third-order valence-electron chi connectivity index (χ3n) is 3.39. The van der Waals surface area contributed by atoms with Gasteiger partial charge in [0.2, 0.25) is 0 Å². The fourth-order valence-electron chi connectivity index (χ4n) is 2.16. The second-order valence-electron chi connectivity index (χ2n) is 5.10. The Morgan fingerprint density at radius 1 is 1.10 bits per heavy atom. The van der Waals surface area contributed by atoms with Crippen LogP contribution in [0.2, 0.25) is 10.0 Å². The lowest BCUT2D eigenvalue weighted by atomic mass is 10.0. The molecule has 0 amide bonds. The van der Waals surface area contributed by atoms with Gasteiger partial charge >= 0.3 is 0 Å². The molecular weight excluding hydrogens is 321 g/mol. The molecule has 2 N–H and O–H groups in total. The standard InChI is InChI=1S/C17H19Cl2NS/c1-3-16(20)17(12-6-4-5-11(2)9-12)21-13-7-8-14(18)15(19)10-13/h4-10,16-17H,3,20H2,1-2H3. The Labute approximate surface area is 140 Å². The molecule has 0 spiro atoms. The highest BCUT2D eigenvalue weighted by Crippen LogP contribution is 2.40. The van der Waals surface area contributed by atoms with Crippen molar-refractivity contribution in [2.24, 2.45) is 5.73 Å². The Hall–Kier alpha value is -0.670. The van der Waals surface area contributed by atoms with Crippen LogP contribution in [0.3, 0.4) is 0 Å². The van der Waals surface area contributed by atoms with Gasteiger partial charge in [-0.3, -0.25) is 0 Å². The molecule has 0 saturated heterocycles. The van der Waals surface area contributed by atoms with E-state index in [1.807, 2.05) is 18.2 Å². The Morgan fingerprint density at radius 3 is 2.48 bits per heavy atom. The molecule has 0 aliphatic carbocycles. The van der Waals surface area contributed by atoms with Gasteiger partial charge in [0.1, 0.15) is 0 Å². The maximum Gasteiger partial charge on any atom is 0.0603 e. The van der Waals surface area contributed by atoms with Crippen molar-refractivity contribution >= 4 is 35.0 Å². The molecular formula is C17H19Cl2NS. The topological polar surface area (TPSA) is 26.0 Å². The summed E-state index contributed by atoms with van der Waals surface area (Å²) in [7, 11) is 0. The molecule has 0 radical (unpaired) electrons. The molecule has 0 heterocycles. The van der Waals surface area contributed by atoms with E-state index in [9.17, 15) is 0 Å². The zero-order valence-electron chi connectivity index (χ0n) is 12.1. The van der Waals surface area contributed by atoms with E-state index in [-0.39, 0.29) is 11.3 Å². The molecule has 0 bridgehead atoms. The molecule has 1 nitrogen and oxygen atoms in total. The van der Waals surface area contributed by atoms with E-state index in [4.69, 9.17) is 28.9 Å². The summed E-state index contributed by atoms with van der Waals surface area (Å²) in [6.45, 7) is 4.21. The van der Waals surface area contributed by atoms with Gasteiger partial charge in [0, 0.05) is 16.2 Å². The van der Waals surface area contributed by atoms with Gasteiger partial charge in [-0.2, -0.15) is 0 Å². The van der Waals surface area contributed by atoms with Gasteiger partial charge in [-0.15, -0.1) is 11.8 Å². The first-order valence-electron chi connectivity index (χ1n) is 6.95. The second kappa shape index (κ2) is 7.55. The highest BCUT2D eigenvalue weighted by Gasteiger charge is 2.20. The highest BCUT2D eigenvalue weighted by atomic mass is 35.5. The number of rotatable bonds is 5. The predicted molar refractivity (Wildman–Crippen MR) is 94.5 cm³/mol. The van der Waals surface area contributed by atoms with Crippen LogP contribution < -0.4 is 5.73 Å². The Balaban J connectivity index is 2.30. The summed E-state index contributed by atoms with van der Waals surface area (Å²) in [5.41, 5.74) is 8.83. The molecule has 2 aromatic carbocycles. The first kappa shape index (κ1) is 16.7. The lowest BCUT2D eigenvalue weighted by Crippen LogP contribution is -2.25. The summed E-state index contributed by atoms with van der Waals surface area (Å²) in [4.78, 5) is 1.08. The van der Waals surface area contributed by atoms with Gasteiger partial charge in [0.15, 0.2) is 0 Å². The molecule has 4 heteroatoms. The number of halogens is 2. The third kappa shape index (κ3) is 4.40. The lowest BCUT2D eigenvalue weighted by molar-refractivity contribution is 0.634. The summed E-state index contributed by atoms with van der Waals surface area (Å²) in [5, 5.41) is 1.36. The van der Waals surface area contributed by atoms with E-state index in [0.717, 1.165) is 11.3 Å². The highest BCUT2D eigenvalue weighted by molar-refractivity contribution is 7.99. The minimum absolute atomic E-state index is 0.0891. The summed E-state index contributed by atoms with van der Waals surface area (Å²) in [5.74, 6) is 0. The molecule has 0 fully saturated rings. The fraction of sp³-hybridized carbons (Fsp3) is 0.294. The normalized spacial score (nSPS) is 14.0. The average molecular weight is 340 g/mol. The maximum absolute atomic E-state index is 6.34. The van der Waals surface area contributed by atoms with Crippen LogP contribution in [0.25, 0.3) is 0 Å². The average Bonchev–Trinajstić information content (AvgIpc) is 2.47. The molecule has 112 valence electrons. The summed E-state index contributed by atoms with van der Waals surface area (Å²) in [6.07, 6.45) is 0.924. The lowest BCUT2D eigenvalue weighted by Gasteiger charge is -2.23. The maximum atomic E-state index is 6.34. The molecule has 2 atom stereocenters. The van der Waals surface area contributed by atoms with Crippen molar-refractivity contribution in [2.45, 2.75) is 36.5 Å². The van der Waals surface area contributed by atoms with Crippen LogP contribution in [0.4, 0.5) is 0 Å². The Morgan fingerprint density at radius 2 is 1.86 bits per heavy atom. The monoisotopic (exact) mass is 339 g/mol. The second-order valence-corrected chi connectivity index (χ2v) is 7.13. The van der Waals surface area contributed by atoms with E-state index >= 15 is 0 Å². The minimum atomic E-state index is 0.0891. The van der Waals surface area contributed by atoms with Crippen LogP contribution >= 0.6 is 35.0 Å². The van der Waals surface area contributed by atoms with Crippen molar-refractivity contribution in [3.8, 4) is 0 Å². The Bertz CT molecular complexity index is 615. The van der Waals surface area contributed by atoms with E-state index in [1.54, 1.807) is 11.8 Å². The molecule has 0 aromatic heterocycles. The van der Waals surface area contributed by atoms with Crippen LogP contribution in [0.5, 0.6) is 0 Å². The molecule has 2 rings (SSSR count). The SMILES string of the molecule is CCC(N)C(Sc1ccc(Cl)c(Cl)c1)c1cccc(C)c1. The number of nitrogens with two attached hydrogens (primary N) is 1. The summed E-state index contributed by atoms with van der Waals surface area (Å²) < 4.78 is 0. The summed E-state index contributed by atoms with van der Waals surface area (Å²) >= 11 is 13.8. The first-order chi connectivity index (χ1) is 10.0. The first-order valence-corrected chi connectivity index (χ1v) is 8.58. The zero-order valence-corrected chi connectivity index (χ0v) is 14.5. The Kier molecular flexibility index (Phi) is 6.00. The molecule has 21 heavy (non-hydrogen) atoms. The molecule has 2 unspecified atom stereocenters. The number of hydrogen-bond acceptors (Lipinski definition) is 2.